The van der Waals surface area contributed by atoms with Crippen LogP contribution in [0.25, 0.3) is 22.3 Å². The summed E-state index contributed by atoms with van der Waals surface area (Å²) in [5.41, 5.74) is -0.851. The van der Waals surface area contributed by atoms with Gasteiger partial charge in [-0.25, -0.2) is 19.6 Å². The van der Waals surface area contributed by atoms with Crippen LogP contribution in [0.3, 0.4) is 0 Å². The summed E-state index contributed by atoms with van der Waals surface area (Å²) in [6.07, 6.45) is -1.33. The number of carbonyl (C=O) groups excluding carboxylic acids is 4. The number of fused-ring (bicyclic) bond motifs is 2. The van der Waals surface area contributed by atoms with E-state index in [-0.39, 0.29) is 49.1 Å². The van der Waals surface area contributed by atoms with E-state index in [1.165, 1.54) is 28.2 Å². The van der Waals surface area contributed by atoms with Crippen molar-refractivity contribution in [2.45, 2.75) is 109 Å². The van der Waals surface area contributed by atoms with Crippen LogP contribution in [-0.2, 0) is 23.9 Å². The zero-order chi connectivity index (χ0) is 49.6. The molecule has 3 aromatic rings. The molecular weight excluding hydrogens is 941 g/mol. The van der Waals surface area contributed by atoms with Gasteiger partial charge in [0.25, 0.3) is 0 Å². The predicted molar refractivity (Wildman–Crippen MR) is 254 cm³/mol. The number of esters is 1. The number of alkyl carbamates (subject to hydrolysis) is 1. The first-order valence-corrected chi connectivity index (χ1v) is 24.9. The number of ether oxygens (including phenoxy) is 4. The minimum Gasteiger partial charge on any atom is -0.491 e. The van der Waals surface area contributed by atoms with Crippen molar-refractivity contribution >= 4 is 62.8 Å². The molecule has 8 rings (SSSR count). The fourth-order valence-corrected chi connectivity index (χ4v) is 11.0. The third-order valence-electron chi connectivity index (χ3n) is 13.7. The van der Waals surface area contributed by atoms with Crippen LogP contribution < -0.4 is 25.4 Å². The number of hydrogen-bond donors (Lipinski definition) is 3. The van der Waals surface area contributed by atoms with E-state index in [0.29, 0.717) is 83.5 Å². The van der Waals surface area contributed by atoms with Gasteiger partial charge in [0, 0.05) is 67.9 Å². The molecule has 3 saturated carbocycles. The van der Waals surface area contributed by atoms with Crippen molar-refractivity contribution in [3.63, 3.8) is 0 Å². The molecule has 8 atom stereocenters. The highest BCUT2D eigenvalue weighted by molar-refractivity contribution is 7.14. The Morgan fingerprint density at radius 3 is 2.33 bits per heavy atom. The van der Waals surface area contributed by atoms with E-state index in [9.17, 15) is 32.3 Å². The average molecular weight is 1000 g/mol. The number of carbonyl (C=O) groups is 4. The lowest BCUT2D eigenvalue weighted by Crippen LogP contribution is -2.59. The van der Waals surface area contributed by atoms with Crippen molar-refractivity contribution in [2.24, 2.45) is 23.2 Å². The third-order valence-corrected chi connectivity index (χ3v) is 14.9. The van der Waals surface area contributed by atoms with Gasteiger partial charge >= 0.3 is 18.2 Å². The van der Waals surface area contributed by atoms with Crippen LogP contribution in [0, 0.1) is 23.2 Å². The Balaban J connectivity index is 1.06. The first-order valence-electron chi connectivity index (χ1n) is 23.6. The van der Waals surface area contributed by atoms with Gasteiger partial charge < -0.3 is 39.8 Å². The van der Waals surface area contributed by atoms with Crippen LogP contribution in [-0.4, -0.2) is 150 Å². The highest BCUT2D eigenvalue weighted by Gasteiger charge is 2.62. The number of pyridine rings is 1. The summed E-state index contributed by atoms with van der Waals surface area (Å²) in [5.74, 6) is -0.285. The number of likely N-dealkylation sites (tertiary alicyclic amines) is 1. The number of thiazole rings is 1. The number of nitrogens with one attached hydrogen (secondary N) is 3. The monoisotopic (exact) mass is 1000 g/mol. The average Bonchev–Trinajstić information content (AvgIpc) is 3.95. The number of anilines is 1. The van der Waals surface area contributed by atoms with Crippen LogP contribution in [0.1, 0.15) is 66.7 Å². The second-order valence-electron chi connectivity index (χ2n) is 20.4. The summed E-state index contributed by atoms with van der Waals surface area (Å²) in [6.45, 7) is 14.5. The molecule has 5 aliphatic rings. The van der Waals surface area contributed by atoms with E-state index < -0.39 is 65.7 Å². The number of rotatable bonds is 17. The Morgan fingerprint density at radius 2 is 1.70 bits per heavy atom. The molecule has 0 spiro atoms. The molecule has 2 saturated heterocycles. The van der Waals surface area contributed by atoms with Crippen LogP contribution in [0.4, 0.5) is 23.1 Å². The fourth-order valence-electron chi connectivity index (χ4n) is 9.88. The Morgan fingerprint density at radius 1 is 0.986 bits per heavy atom. The number of nitrogens with zero attached hydrogens (tertiary/aromatic N) is 5. The second-order valence-corrected chi connectivity index (χ2v) is 21.6. The molecule has 21 heteroatoms. The molecule has 3 N–H and O–H groups in total. The molecule has 1 aromatic carbocycles. The molecule has 3 aliphatic carbocycles. The highest BCUT2D eigenvalue weighted by atomic mass is 35.5. The number of halogens is 4. The van der Waals surface area contributed by atoms with Crippen molar-refractivity contribution < 1.29 is 51.3 Å². The Hall–Kier alpha value is -4.92. The molecule has 2 unspecified atom stereocenters. The largest absolute Gasteiger partial charge is 0.491 e. The number of aromatic nitrogens is 2. The van der Waals surface area contributed by atoms with Gasteiger partial charge in [0.05, 0.1) is 31.4 Å². The van der Waals surface area contributed by atoms with Gasteiger partial charge in [0.2, 0.25) is 11.8 Å². The van der Waals surface area contributed by atoms with Gasteiger partial charge in [-0.05, 0) is 68.9 Å². The van der Waals surface area contributed by atoms with Crippen LogP contribution >= 0.6 is 22.9 Å². The molecule has 69 heavy (non-hydrogen) atoms. The molecule has 2 aliphatic heterocycles. The van der Waals surface area contributed by atoms with E-state index >= 15 is 0 Å². The number of amides is 3. The Bertz CT molecular complexity index is 2420. The third kappa shape index (κ3) is 11.7. The molecule has 2 aromatic heterocycles. The van der Waals surface area contributed by atoms with E-state index in [4.69, 9.17) is 40.5 Å². The first-order chi connectivity index (χ1) is 32.6. The maximum Gasteiger partial charge on any atom is 0.408 e. The van der Waals surface area contributed by atoms with Gasteiger partial charge in [-0.1, -0.05) is 38.4 Å². The molecule has 5 fully saturated rings. The smallest absolute Gasteiger partial charge is 0.408 e. The van der Waals surface area contributed by atoms with Gasteiger partial charge in [0.1, 0.15) is 58.7 Å². The Kier molecular flexibility index (Phi) is 14.7. The Labute approximate surface area is 408 Å². The quantitative estimate of drug-likeness (QED) is 0.0941. The van der Waals surface area contributed by atoms with E-state index in [1.54, 1.807) is 24.3 Å². The van der Waals surface area contributed by atoms with Crippen molar-refractivity contribution in [1.29, 1.82) is 0 Å². The van der Waals surface area contributed by atoms with Crippen LogP contribution in [0.15, 0.2) is 36.2 Å². The zero-order valence-corrected chi connectivity index (χ0v) is 41.4. The number of methoxy groups -OCH3 is 1. The SMILES string of the molecule is C=C[C@@H]1CC1(NC(=O)[C@@H]1C[C@@H](Oc2cc(-c3csc(NC(C)C)n3)nc3c(Cl)c(OCCN4CCN(CC(F)(F)F)CC4)ccc23)CN1C(=O)[C@@H](NC(=O)OC1C[C@@H]2C[C@@H]2C1)C(C)(C)C)C(=O)OC. The van der Waals surface area contributed by atoms with Crippen LogP contribution in [0.2, 0.25) is 5.02 Å². The summed E-state index contributed by atoms with van der Waals surface area (Å²) in [4.78, 5) is 70.5. The molecule has 3 amide bonds. The molecule has 376 valence electrons. The normalized spacial score (nSPS) is 26.3. The lowest BCUT2D eigenvalue weighted by atomic mass is 9.85. The van der Waals surface area contributed by atoms with E-state index in [0.717, 1.165) is 19.3 Å². The summed E-state index contributed by atoms with van der Waals surface area (Å²) in [7, 11) is 1.25. The van der Waals surface area contributed by atoms with Gasteiger partial charge in [0.15, 0.2) is 5.13 Å². The first kappa shape index (κ1) is 50.5. The molecular formula is C48H62ClF3N8O8S. The number of benzene rings is 1. The highest BCUT2D eigenvalue weighted by Crippen LogP contribution is 2.52. The topological polar surface area (TPSA) is 177 Å². The van der Waals surface area contributed by atoms with Crippen LogP contribution in [0.5, 0.6) is 11.5 Å². The lowest BCUT2D eigenvalue weighted by Gasteiger charge is -2.35. The number of piperazine rings is 1. The maximum atomic E-state index is 14.9. The van der Waals surface area contributed by atoms with Crippen molar-refractivity contribution in [1.82, 2.24) is 35.3 Å². The molecule has 0 bridgehead atoms. The number of alkyl halides is 3. The van der Waals surface area contributed by atoms with Gasteiger partial charge in [-0.2, -0.15) is 13.2 Å². The summed E-state index contributed by atoms with van der Waals surface area (Å²) in [6, 6.07) is 3.07. The standard InChI is InChI=1S/C48H62ClF3N8O8S/c1-8-29-22-47(29,43(63)65-7)57-41(61)35-20-31(23-60(35)42(62)40(46(4,5)6)56-45(64)68-30-18-27-17-28(27)19-30)67-37-21-33(34-24-69-44(55-34)53-26(2)3)54-39-32(37)9-10-36(38(39)49)66-16-15-58-11-13-59(14-12-58)25-48(50,51)52/h8-10,21,24,26-31,35,40H,1,11-20,22-23,25H2,2-7H3,(H,53,55)(H,56,64)(H,57,61)/t27-,28+,29-,30?,31-,35+,40-,47?/m1/s1. The van der Waals surface area contributed by atoms with E-state index in [2.05, 4.69) is 22.5 Å². The minimum absolute atomic E-state index is 0.0114. The summed E-state index contributed by atoms with van der Waals surface area (Å²) < 4.78 is 62.8. The zero-order valence-electron chi connectivity index (χ0n) is 39.8. The van der Waals surface area contributed by atoms with Crippen molar-refractivity contribution in [3.8, 4) is 22.9 Å². The van der Waals surface area contributed by atoms with Gasteiger partial charge in [-0.15, -0.1) is 17.9 Å². The molecule has 0 radical (unpaired) electrons. The fraction of sp³-hybridized carbons (Fsp3) is 0.625. The lowest BCUT2D eigenvalue weighted by molar-refractivity contribution is -0.149. The minimum atomic E-state index is -4.25. The number of hydrogen-bond acceptors (Lipinski definition) is 14. The maximum absolute atomic E-state index is 14.9. The second kappa shape index (κ2) is 20.1. The summed E-state index contributed by atoms with van der Waals surface area (Å²) >= 11 is 8.51. The molecule has 16 nitrogen and oxygen atoms in total. The summed E-state index contributed by atoms with van der Waals surface area (Å²) in [5, 5.41) is 12.3. The van der Waals surface area contributed by atoms with Crippen molar-refractivity contribution in [2.75, 3.05) is 64.8 Å². The molecule has 4 heterocycles. The van der Waals surface area contributed by atoms with E-state index in [1.807, 2.05) is 44.9 Å². The predicted octanol–water partition coefficient (Wildman–Crippen LogP) is 6.91. The van der Waals surface area contributed by atoms with Crippen molar-refractivity contribution in [3.05, 3.63) is 41.3 Å². The van der Waals surface area contributed by atoms with Gasteiger partial charge in [-0.3, -0.25) is 19.4 Å².